The fraction of sp³-hybridized carbons (Fsp3) is 0.148. The first-order valence-electron chi connectivity index (χ1n) is 10.9. The SMILES string of the molecule is CCOC(=O)COc1cc(-c2ccc(C)cc2)nc2ccc(NC(=O)Nc3ccccc3)cc12. The largest absolute Gasteiger partial charge is 0.481 e. The predicted octanol–water partition coefficient (Wildman–Crippen LogP) is 5.80. The van der Waals surface area contributed by atoms with Crippen molar-refractivity contribution in [3.8, 4) is 17.0 Å². The summed E-state index contributed by atoms with van der Waals surface area (Å²) in [5.41, 5.74) is 4.71. The van der Waals surface area contributed by atoms with E-state index in [1.54, 1.807) is 37.3 Å². The van der Waals surface area contributed by atoms with Crippen molar-refractivity contribution >= 4 is 34.3 Å². The lowest BCUT2D eigenvalue weighted by Crippen LogP contribution is -2.19. The van der Waals surface area contributed by atoms with Crippen LogP contribution in [0.1, 0.15) is 12.5 Å². The average Bonchev–Trinajstić information content (AvgIpc) is 2.83. The molecule has 0 aliphatic carbocycles. The van der Waals surface area contributed by atoms with Gasteiger partial charge < -0.3 is 20.1 Å². The second-order valence-electron chi connectivity index (χ2n) is 7.64. The molecule has 0 saturated carbocycles. The Hall–Kier alpha value is -4.39. The smallest absolute Gasteiger partial charge is 0.344 e. The van der Waals surface area contributed by atoms with E-state index in [0.29, 0.717) is 33.7 Å². The Bertz CT molecular complexity index is 1310. The highest BCUT2D eigenvalue weighted by Crippen LogP contribution is 2.32. The topological polar surface area (TPSA) is 89.6 Å². The van der Waals surface area contributed by atoms with Gasteiger partial charge in [0.05, 0.1) is 17.8 Å². The van der Waals surface area contributed by atoms with Gasteiger partial charge in [-0.3, -0.25) is 0 Å². The highest BCUT2D eigenvalue weighted by atomic mass is 16.6. The fourth-order valence-corrected chi connectivity index (χ4v) is 3.42. The lowest BCUT2D eigenvalue weighted by molar-refractivity contribution is -0.145. The molecular formula is C27H25N3O4. The van der Waals surface area contributed by atoms with Crippen molar-refractivity contribution in [2.24, 2.45) is 0 Å². The Morgan fingerprint density at radius 3 is 2.35 bits per heavy atom. The van der Waals surface area contributed by atoms with E-state index >= 15 is 0 Å². The van der Waals surface area contributed by atoms with Gasteiger partial charge in [-0.2, -0.15) is 0 Å². The second-order valence-corrected chi connectivity index (χ2v) is 7.64. The minimum atomic E-state index is -0.458. The van der Waals surface area contributed by atoms with Gasteiger partial charge in [0.25, 0.3) is 0 Å². The summed E-state index contributed by atoms with van der Waals surface area (Å²) in [7, 11) is 0. The molecule has 2 amide bonds. The molecule has 1 heterocycles. The summed E-state index contributed by atoms with van der Waals surface area (Å²) in [4.78, 5) is 29.1. The van der Waals surface area contributed by atoms with Crippen LogP contribution in [0, 0.1) is 6.92 Å². The van der Waals surface area contributed by atoms with Crippen molar-refractivity contribution in [1.29, 1.82) is 0 Å². The van der Waals surface area contributed by atoms with E-state index in [9.17, 15) is 9.59 Å². The number of hydrogen-bond acceptors (Lipinski definition) is 5. The van der Waals surface area contributed by atoms with Crippen LogP contribution in [0.15, 0.2) is 78.9 Å². The van der Waals surface area contributed by atoms with Crippen molar-refractivity contribution in [2.75, 3.05) is 23.8 Å². The highest BCUT2D eigenvalue weighted by molar-refractivity contribution is 6.01. The number of esters is 1. The molecule has 7 heteroatoms. The number of aromatic nitrogens is 1. The first-order valence-corrected chi connectivity index (χ1v) is 10.9. The summed E-state index contributed by atoms with van der Waals surface area (Å²) in [5.74, 6) is 0.0154. The quantitative estimate of drug-likeness (QED) is 0.344. The number of nitrogens with one attached hydrogen (secondary N) is 2. The molecule has 0 atom stereocenters. The Balaban J connectivity index is 1.65. The number of carbonyl (C=O) groups excluding carboxylic acids is 2. The second kappa shape index (κ2) is 10.5. The van der Waals surface area contributed by atoms with Crippen LogP contribution in [0.5, 0.6) is 5.75 Å². The van der Waals surface area contributed by atoms with Crippen LogP contribution < -0.4 is 15.4 Å². The number of para-hydroxylation sites is 1. The number of urea groups is 1. The van der Waals surface area contributed by atoms with Gasteiger partial charge in [-0.25, -0.2) is 14.6 Å². The highest BCUT2D eigenvalue weighted by Gasteiger charge is 2.13. The van der Waals surface area contributed by atoms with Crippen LogP contribution in [0.4, 0.5) is 16.2 Å². The number of fused-ring (bicyclic) bond motifs is 1. The number of ether oxygens (including phenoxy) is 2. The van der Waals surface area contributed by atoms with Crippen molar-refractivity contribution in [1.82, 2.24) is 4.98 Å². The Kier molecular flexibility index (Phi) is 7.03. The first kappa shape index (κ1) is 22.8. The fourth-order valence-electron chi connectivity index (χ4n) is 3.42. The number of hydrogen-bond donors (Lipinski definition) is 2. The van der Waals surface area contributed by atoms with E-state index in [2.05, 4.69) is 10.6 Å². The first-order chi connectivity index (χ1) is 16.5. The zero-order chi connectivity index (χ0) is 23.9. The van der Waals surface area contributed by atoms with Crippen LogP contribution >= 0.6 is 0 Å². The molecule has 0 unspecified atom stereocenters. The van der Waals surface area contributed by atoms with Crippen molar-refractivity contribution in [3.05, 3.63) is 84.4 Å². The molecule has 1 aromatic heterocycles. The summed E-state index contributed by atoms with van der Waals surface area (Å²) < 4.78 is 10.8. The van der Waals surface area contributed by atoms with E-state index < -0.39 is 5.97 Å². The molecule has 4 rings (SSSR count). The Morgan fingerprint density at radius 2 is 1.62 bits per heavy atom. The molecule has 0 bridgehead atoms. The molecule has 0 saturated heterocycles. The molecule has 0 aliphatic heterocycles. The van der Waals surface area contributed by atoms with Gasteiger partial charge in [0.1, 0.15) is 5.75 Å². The van der Waals surface area contributed by atoms with Gasteiger partial charge in [0.2, 0.25) is 0 Å². The Morgan fingerprint density at radius 1 is 0.882 bits per heavy atom. The van der Waals surface area contributed by atoms with Crippen molar-refractivity contribution < 1.29 is 19.1 Å². The minimum Gasteiger partial charge on any atom is -0.481 e. The van der Waals surface area contributed by atoms with Crippen molar-refractivity contribution in [3.63, 3.8) is 0 Å². The van der Waals surface area contributed by atoms with Gasteiger partial charge >= 0.3 is 12.0 Å². The minimum absolute atomic E-state index is 0.230. The third-order valence-electron chi connectivity index (χ3n) is 5.06. The lowest BCUT2D eigenvalue weighted by Gasteiger charge is -2.13. The standard InChI is InChI=1S/C27H25N3O4/c1-3-33-26(31)17-34-25-16-24(19-11-9-18(2)10-12-19)30-23-14-13-21(15-22(23)25)29-27(32)28-20-7-5-4-6-8-20/h4-16H,3,17H2,1-2H3,(H2,28,29,32). The van der Waals surface area contributed by atoms with E-state index in [-0.39, 0.29) is 19.2 Å². The zero-order valence-corrected chi connectivity index (χ0v) is 19.0. The van der Waals surface area contributed by atoms with Gasteiger partial charge in [-0.05, 0) is 44.2 Å². The van der Waals surface area contributed by atoms with E-state index in [4.69, 9.17) is 14.5 Å². The molecule has 4 aromatic rings. The summed E-state index contributed by atoms with van der Waals surface area (Å²) >= 11 is 0. The number of aryl methyl sites for hydroxylation is 1. The van der Waals surface area contributed by atoms with Gasteiger partial charge in [0, 0.05) is 28.4 Å². The molecule has 34 heavy (non-hydrogen) atoms. The third kappa shape index (κ3) is 5.69. The summed E-state index contributed by atoms with van der Waals surface area (Å²) in [5, 5.41) is 6.27. The summed E-state index contributed by atoms with van der Waals surface area (Å²) in [6, 6.07) is 23.9. The number of amides is 2. The molecule has 0 aliphatic rings. The number of anilines is 2. The third-order valence-corrected chi connectivity index (χ3v) is 5.06. The number of rotatable bonds is 7. The number of pyridine rings is 1. The number of nitrogens with zero attached hydrogens (tertiary/aromatic N) is 1. The zero-order valence-electron chi connectivity index (χ0n) is 19.0. The number of benzene rings is 3. The predicted molar refractivity (Wildman–Crippen MR) is 133 cm³/mol. The average molecular weight is 456 g/mol. The molecule has 7 nitrogen and oxygen atoms in total. The van der Waals surface area contributed by atoms with Gasteiger partial charge in [-0.1, -0.05) is 48.0 Å². The molecule has 172 valence electrons. The maximum Gasteiger partial charge on any atom is 0.344 e. The van der Waals surface area contributed by atoms with Crippen LogP contribution in [0.25, 0.3) is 22.2 Å². The number of carbonyl (C=O) groups is 2. The van der Waals surface area contributed by atoms with Crippen LogP contribution in [-0.2, 0) is 9.53 Å². The van der Waals surface area contributed by atoms with Gasteiger partial charge in [-0.15, -0.1) is 0 Å². The normalized spacial score (nSPS) is 10.5. The van der Waals surface area contributed by atoms with E-state index in [0.717, 1.165) is 11.1 Å². The van der Waals surface area contributed by atoms with E-state index in [1.165, 1.54) is 0 Å². The summed E-state index contributed by atoms with van der Waals surface area (Å²) in [6.07, 6.45) is 0. The van der Waals surface area contributed by atoms with Crippen LogP contribution in [-0.4, -0.2) is 30.2 Å². The van der Waals surface area contributed by atoms with E-state index in [1.807, 2.05) is 55.5 Å². The van der Waals surface area contributed by atoms with Crippen molar-refractivity contribution in [2.45, 2.75) is 13.8 Å². The summed E-state index contributed by atoms with van der Waals surface area (Å²) in [6.45, 7) is 3.81. The maximum absolute atomic E-state index is 12.4. The molecule has 0 radical (unpaired) electrons. The van der Waals surface area contributed by atoms with Crippen LogP contribution in [0.2, 0.25) is 0 Å². The van der Waals surface area contributed by atoms with Gasteiger partial charge in [0.15, 0.2) is 6.61 Å². The molecule has 0 fully saturated rings. The maximum atomic E-state index is 12.4. The molecule has 0 spiro atoms. The molecule has 3 aromatic carbocycles. The van der Waals surface area contributed by atoms with Crippen LogP contribution in [0.3, 0.4) is 0 Å². The Labute approximate surface area is 197 Å². The molecular weight excluding hydrogens is 430 g/mol. The lowest BCUT2D eigenvalue weighted by atomic mass is 10.1. The molecule has 2 N–H and O–H groups in total. The monoisotopic (exact) mass is 455 g/mol.